The van der Waals surface area contributed by atoms with Crippen LogP contribution in [0.5, 0.6) is 0 Å². The molecule has 2 nitrogen and oxygen atoms in total. The van der Waals surface area contributed by atoms with Crippen molar-refractivity contribution in [2.45, 2.75) is 12.7 Å². The first-order valence-corrected chi connectivity index (χ1v) is 6.41. The first-order valence-electron chi connectivity index (χ1n) is 6.41. The minimum atomic E-state index is -4.98. The normalized spacial score (nSPS) is 10.8. The quantitative estimate of drug-likeness (QED) is 0.791. The zero-order chi connectivity index (χ0) is 16.2. The Labute approximate surface area is 126 Å². The molecule has 0 spiro atoms. The third-order valence-electron chi connectivity index (χ3n) is 3.02. The summed E-state index contributed by atoms with van der Waals surface area (Å²) in [5.41, 5.74) is 0.874. The van der Waals surface area contributed by atoms with Gasteiger partial charge in [0.05, 0.1) is 12.2 Å². The highest BCUT2D eigenvalue weighted by atomic mass is 19.4. The lowest BCUT2D eigenvalue weighted by Crippen LogP contribution is -2.41. The maximum absolute atomic E-state index is 12.9. The van der Waals surface area contributed by atoms with E-state index in [0.29, 0.717) is 10.5 Å². The second-order valence-corrected chi connectivity index (χ2v) is 4.54. The summed E-state index contributed by atoms with van der Waals surface area (Å²) in [6.07, 6.45) is 0.346. The van der Waals surface area contributed by atoms with Crippen LogP contribution >= 0.6 is 0 Å². The molecular weight excluding hydrogens is 291 g/mol. The summed E-state index contributed by atoms with van der Waals surface area (Å²) in [5, 5.41) is 0. The minimum absolute atomic E-state index is 0.0659. The minimum Gasteiger partial charge on any atom is -0.299 e. The molecule has 2 aromatic rings. The number of rotatable bonds is 3. The highest BCUT2D eigenvalue weighted by Gasteiger charge is 2.43. The number of alkyl halides is 3. The summed E-state index contributed by atoms with van der Waals surface area (Å²) < 4.78 is 38.6. The van der Waals surface area contributed by atoms with Gasteiger partial charge in [-0.25, -0.2) is 0 Å². The molecule has 0 aliphatic heterocycles. The highest BCUT2D eigenvalue weighted by molar-refractivity contribution is 5.98. The molecule has 2 aromatic carbocycles. The number of para-hydroxylation sites is 1. The smallest absolute Gasteiger partial charge is 0.299 e. The molecule has 0 heterocycles. The van der Waals surface area contributed by atoms with E-state index < -0.39 is 12.1 Å². The van der Waals surface area contributed by atoms with Crippen molar-refractivity contribution in [3.8, 4) is 12.3 Å². The zero-order valence-electron chi connectivity index (χ0n) is 11.5. The molecule has 0 fully saturated rings. The first kappa shape index (κ1) is 15.6. The van der Waals surface area contributed by atoms with Gasteiger partial charge in [-0.15, -0.1) is 6.42 Å². The maximum atomic E-state index is 12.9. The van der Waals surface area contributed by atoms with E-state index in [1.54, 1.807) is 36.4 Å². The van der Waals surface area contributed by atoms with E-state index in [0.717, 1.165) is 0 Å². The molecule has 112 valence electrons. The van der Waals surface area contributed by atoms with E-state index >= 15 is 0 Å². The number of benzene rings is 2. The van der Waals surface area contributed by atoms with Gasteiger partial charge in [0.15, 0.2) is 0 Å². The Bertz CT molecular complexity index is 702. The monoisotopic (exact) mass is 303 g/mol. The van der Waals surface area contributed by atoms with Crippen molar-refractivity contribution in [2.24, 2.45) is 0 Å². The molecule has 0 unspecified atom stereocenters. The van der Waals surface area contributed by atoms with Crippen LogP contribution < -0.4 is 4.90 Å². The number of terminal acetylenes is 1. The third-order valence-corrected chi connectivity index (χ3v) is 3.02. The van der Waals surface area contributed by atoms with Gasteiger partial charge in [0.2, 0.25) is 0 Å². The van der Waals surface area contributed by atoms with Crippen LogP contribution in [0.1, 0.15) is 11.1 Å². The van der Waals surface area contributed by atoms with Crippen molar-refractivity contribution in [3.05, 3.63) is 65.7 Å². The van der Waals surface area contributed by atoms with Crippen molar-refractivity contribution in [1.29, 1.82) is 0 Å². The van der Waals surface area contributed by atoms with Gasteiger partial charge >= 0.3 is 12.1 Å². The summed E-state index contributed by atoms with van der Waals surface area (Å²) in [6.45, 7) is -0.210. The fraction of sp³-hybridized carbons (Fsp3) is 0.118. The van der Waals surface area contributed by atoms with Crippen LogP contribution in [0.15, 0.2) is 54.6 Å². The van der Waals surface area contributed by atoms with E-state index in [-0.39, 0.29) is 17.8 Å². The number of hydrogen-bond acceptors (Lipinski definition) is 1. The molecule has 22 heavy (non-hydrogen) atoms. The third kappa shape index (κ3) is 3.47. The summed E-state index contributed by atoms with van der Waals surface area (Å²) in [7, 11) is 0. The summed E-state index contributed by atoms with van der Waals surface area (Å²) in [4.78, 5) is 12.4. The van der Waals surface area contributed by atoms with Crippen LogP contribution in [0.25, 0.3) is 0 Å². The summed E-state index contributed by atoms with van der Waals surface area (Å²) in [5.74, 6) is 0.362. The largest absolute Gasteiger partial charge is 0.471 e. The van der Waals surface area contributed by atoms with Crippen LogP contribution in [0, 0.1) is 12.3 Å². The second-order valence-electron chi connectivity index (χ2n) is 4.54. The molecule has 2 rings (SSSR count). The van der Waals surface area contributed by atoms with Gasteiger partial charge in [0, 0.05) is 5.56 Å². The predicted molar refractivity (Wildman–Crippen MR) is 78.1 cm³/mol. The summed E-state index contributed by atoms with van der Waals surface area (Å²) >= 11 is 0. The van der Waals surface area contributed by atoms with E-state index in [9.17, 15) is 18.0 Å². The fourth-order valence-corrected chi connectivity index (χ4v) is 2.02. The fourth-order valence-electron chi connectivity index (χ4n) is 2.02. The molecule has 0 aliphatic carbocycles. The summed E-state index contributed by atoms with van der Waals surface area (Å²) in [6, 6.07) is 14.5. The Morgan fingerprint density at radius 3 is 2.23 bits per heavy atom. The van der Waals surface area contributed by atoms with Crippen LogP contribution in [-0.2, 0) is 11.3 Å². The molecule has 1 amide bonds. The van der Waals surface area contributed by atoms with Crippen molar-refractivity contribution in [3.63, 3.8) is 0 Å². The predicted octanol–water partition coefficient (Wildman–Crippen LogP) is 3.76. The highest BCUT2D eigenvalue weighted by Crippen LogP contribution is 2.27. The van der Waals surface area contributed by atoms with Crippen molar-refractivity contribution >= 4 is 11.6 Å². The van der Waals surface area contributed by atoms with Crippen LogP contribution in [0.3, 0.4) is 0 Å². The number of anilines is 1. The molecule has 0 atom stereocenters. The SMILES string of the molecule is C#Cc1ccccc1N(Cc1ccccc1)C(=O)C(F)(F)F. The standard InChI is InChI=1S/C17H12F3NO/c1-2-14-10-6-7-11-15(14)21(16(22)17(18,19)20)12-13-8-4-3-5-9-13/h1,3-11H,12H2. The first-order chi connectivity index (χ1) is 10.4. The van der Waals surface area contributed by atoms with Crippen LogP contribution in [0.4, 0.5) is 18.9 Å². The molecule has 0 saturated heterocycles. The Balaban J connectivity index is 2.46. The van der Waals surface area contributed by atoms with Crippen LogP contribution in [0.2, 0.25) is 0 Å². The number of halogens is 3. The lowest BCUT2D eigenvalue weighted by atomic mass is 10.1. The van der Waals surface area contributed by atoms with Crippen molar-refractivity contribution in [2.75, 3.05) is 4.90 Å². The van der Waals surface area contributed by atoms with Crippen molar-refractivity contribution < 1.29 is 18.0 Å². The van der Waals surface area contributed by atoms with Crippen LogP contribution in [-0.4, -0.2) is 12.1 Å². The van der Waals surface area contributed by atoms with Gasteiger partial charge in [-0.2, -0.15) is 13.2 Å². The number of amides is 1. The number of nitrogens with zero attached hydrogens (tertiary/aromatic N) is 1. The van der Waals surface area contributed by atoms with E-state index in [1.807, 2.05) is 0 Å². The average Bonchev–Trinajstić information content (AvgIpc) is 2.52. The molecule has 0 bridgehead atoms. The Morgan fingerprint density at radius 2 is 1.64 bits per heavy atom. The molecule has 0 N–H and O–H groups in total. The number of carbonyl (C=O) groups is 1. The second kappa shape index (κ2) is 6.35. The van der Waals surface area contributed by atoms with E-state index in [2.05, 4.69) is 5.92 Å². The molecule has 5 heteroatoms. The average molecular weight is 303 g/mol. The van der Waals surface area contributed by atoms with Gasteiger partial charge in [-0.1, -0.05) is 48.4 Å². The Hall–Kier alpha value is -2.74. The molecule has 0 radical (unpaired) electrons. The van der Waals surface area contributed by atoms with Crippen molar-refractivity contribution in [1.82, 2.24) is 0 Å². The topological polar surface area (TPSA) is 20.3 Å². The molecule has 0 aromatic heterocycles. The number of carbonyl (C=O) groups excluding carboxylic acids is 1. The van der Waals surface area contributed by atoms with E-state index in [1.165, 1.54) is 18.2 Å². The maximum Gasteiger partial charge on any atom is 0.471 e. The Morgan fingerprint density at radius 1 is 1.05 bits per heavy atom. The molecule has 0 saturated carbocycles. The van der Waals surface area contributed by atoms with Gasteiger partial charge in [-0.05, 0) is 17.7 Å². The van der Waals surface area contributed by atoms with Gasteiger partial charge < -0.3 is 0 Å². The molecular formula is C17H12F3NO. The lowest BCUT2D eigenvalue weighted by molar-refractivity contribution is -0.170. The van der Waals surface area contributed by atoms with Gasteiger partial charge in [-0.3, -0.25) is 9.69 Å². The van der Waals surface area contributed by atoms with Gasteiger partial charge in [0.25, 0.3) is 0 Å². The van der Waals surface area contributed by atoms with E-state index in [4.69, 9.17) is 6.42 Å². The van der Waals surface area contributed by atoms with Gasteiger partial charge in [0.1, 0.15) is 0 Å². The Kier molecular flexibility index (Phi) is 4.52. The lowest BCUT2D eigenvalue weighted by Gasteiger charge is -2.25. The zero-order valence-corrected chi connectivity index (χ0v) is 11.5. The number of hydrogen-bond donors (Lipinski definition) is 0. The molecule has 0 aliphatic rings.